The van der Waals surface area contributed by atoms with Crippen LogP contribution in [0.2, 0.25) is 0 Å². The Bertz CT molecular complexity index is 613. The number of hydrogen-bond donors (Lipinski definition) is 3. The monoisotopic (exact) mass is 346 g/mol. The van der Waals surface area contributed by atoms with Crippen LogP contribution in [0.3, 0.4) is 0 Å². The molecule has 0 radical (unpaired) electrons. The second-order valence-corrected chi connectivity index (χ2v) is 6.81. The molecule has 0 aliphatic carbocycles. The summed E-state index contributed by atoms with van der Waals surface area (Å²) >= 11 is 0. The van der Waals surface area contributed by atoms with Gasteiger partial charge >= 0.3 is 0 Å². The van der Waals surface area contributed by atoms with Gasteiger partial charge in [0.15, 0.2) is 5.96 Å². The molecular weight excluding hydrogens is 316 g/mol. The van der Waals surface area contributed by atoms with Crippen molar-refractivity contribution in [3.05, 3.63) is 29.8 Å². The summed E-state index contributed by atoms with van der Waals surface area (Å²) in [5.74, 6) is 1.66. The molecule has 25 heavy (non-hydrogen) atoms. The number of nitrogens with one attached hydrogen (secondary N) is 3. The number of amides is 1. The first-order valence-electron chi connectivity index (χ1n) is 9.02. The molecule has 1 heterocycles. The lowest BCUT2D eigenvalue weighted by atomic mass is 9.92. The molecule has 6 heteroatoms. The maximum absolute atomic E-state index is 12.2. The Morgan fingerprint density at radius 2 is 1.96 bits per heavy atom. The summed E-state index contributed by atoms with van der Waals surface area (Å²) in [6, 6.07) is 8.22. The lowest BCUT2D eigenvalue weighted by Gasteiger charge is -2.28. The van der Waals surface area contributed by atoms with Crippen molar-refractivity contribution in [2.24, 2.45) is 10.4 Å². The molecule has 0 bridgehead atoms. The Kier molecular flexibility index (Phi) is 6.67. The van der Waals surface area contributed by atoms with Gasteiger partial charge in [-0.25, -0.2) is 0 Å². The van der Waals surface area contributed by atoms with E-state index in [1.54, 1.807) is 0 Å². The maximum atomic E-state index is 12.2. The molecule has 2 rings (SSSR count). The second-order valence-electron chi connectivity index (χ2n) is 6.81. The van der Waals surface area contributed by atoms with Gasteiger partial charge < -0.3 is 20.7 Å². The van der Waals surface area contributed by atoms with Crippen LogP contribution < -0.4 is 20.7 Å². The molecule has 1 amide bonds. The van der Waals surface area contributed by atoms with E-state index < -0.39 is 5.41 Å². The Morgan fingerprint density at radius 3 is 2.68 bits per heavy atom. The van der Waals surface area contributed by atoms with Crippen molar-refractivity contribution < 1.29 is 9.53 Å². The van der Waals surface area contributed by atoms with Crippen LogP contribution >= 0.6 is 0 Å². The van der Waals surface area contributed by atoms with Crippen molar-refractivity contribution in [3.63, 3.8) is 0 Å². The average molecular weight is 346 g/mol. The summed E-state index contributed by atoms with van der Waals surface area (Å²) < 4.78 is 5.71. The summed E-state index contributed by atoms with van der Waals surface area (Å²) in [5, 5.41) is 9.62. The highest BCUT2D eigenvalue weighted by Crippen LogP contribution is 2.31. The van der Waals surface area contributed by atoms with Crippen LogP contribution in [0.1, 0.15) is 45.7 Å². The fraction of sp³-hybridized carbons (Fsp3) is 0.579. The number of ether oxygens (including phenoxy) is 1. The van der Waals surface area contributed by atoms with E-state index in [0.29, 0.717) is 19.7 Å². The van der Waals surface area contributed by atoms with E-state index >= 15 is 0 Å². The molecule has 3 N–H and O–H groups in total. The number of benzene rings is 1. The van der Waals surface area contributed by atoms with E-state index in [1.165, 1.54) is 0 Å². The summed E-state index contributed by atoms with van der Waals surface area (Å²) in [7, 11) is 0. The van der Waals surface area contributed by atoms with E-state index in [9.17, 15) is 4.79 Å². The summed E-state index contributed by atoms with van der Waals surface area (Å²) in [6.07, 6.45) is 0.876. The van der Waals surface area contributed by atoms with Crippen LogP contribution in [0.15, 0.2) is 29.3 Å². The van der Waals surface area contributed by atoms with Gasteiger partial charge in [0.2, 0.25) is 5.91 Å². The third-order valence-electron chi connectivity index (χ3n) is 4.20. The third-order valence-corrected chi connectivity index (χ3v) is 4.20. The number of para-hydroxylation sites is 1. The minimum absolute atomic E-state index is 0.0195. The first kappa shape index (κ1) is 19.1. The largest absolute Gasteiger partial charge is 0.493 e. The van der Waals surface area contributed by atoms with Crippen molar-refractivity contribution >= 4 is 11.9 Å². The van der Waals surface area contributed by atoms with Crippen LogP contribution in [0.4, 0.5) is 0 Å². The molecule has 138 valence electrons. The summed E-state index contributed by atoms with van der Waals surface area (Å²) in [4.78, 5) is 16.8. The van der Waals surface area contributed by atoms with Gasteiger partial charge in [-0.1, -0.05) is 18.2 Å². The molecular formula is C19H30N4O2. The fourth-order valence-electron chi connectivity index (χ4n) is 2.73. The number of fused-ring (bicyclic) bond motifs is 1. The van der Waals surface area contributed by atoms with E-state index in [2.05, 4.69) is 27.0 Å². The summed E-state index contributed by atoms with van der Waals surface area (Å²) in [6.45, 7) is 10.3. The molecule has 0 aromatic heterocycles. The van der Waals surface area contributed by atoms with Gasteiger partial charge in [-0.2, -0.15) is 0 Å². The molecule has 0 fully saturated rings. The number of nitrogens with zero attached hydrogens (tertiary/aromatic N) is 1. The van der Waals surface area contributed by atoms with Crippen molar-refractivity contribution in [1.29, 1.82) is 0 Å². The zero-order valence-corrected chi connectivity index (χ0v) is 15.7. The van der Waals surface area contributed by atoms with Crippen molar-refractivity contribution in [2.45, 2.75) is 40.2 Å². The zero-order valence-electron chi connectivity index (χ0n) is 15.7. The Balaban J connectivity index is 2.10. The van der Waals surface area contributed by atoms with Gasteiger partial charge in [0.25, 0.3) is 0 Å². The van der Waals surface area contributed by atoms with E-state index in [4.69, 9.17) is 4.74 Å². The minimum atomic E-state index is -0.550. The molecule has 1 unspecified atom stereocenters. The SMILES string of the molecule is CCNC(=O)C(C)(C)CN=C(NCC)NC1CCOc2ccccc21. The van der Waals surface area contributed by atoms with Gasteiger partial charge in [-0.15, -0.1) is 0 Å². The van der Waals surface area contributed by atoms with E-state index in [-0.39, 0.29) is 11.9 Å². The number of aliphatic imine (C=N–C) groups is 1. The summed E-state index contributed by atoms with van der Waals surface area (Å²) in [5.41, 5.74) is 0.591. The number of carbonyl (C=O) groups excluding carboxylic acids is 1. The molecule has 0 saturated carbocycles. The average Bonchev–Trinajstić information content (AvgIpc) is 2.60. The molecule has 1 aromatic carbocycles. The zero-order chi connectivity index (χ0) is 18.3. The van der Waals surface area contributed by atoms with Crippen molar-refractivity contribution in [2.75, 3.05) is 26.2 Å². The molecule has 1 atom stereocenters. The molecule has 1 aliphatic heterocycles. The number of hydrogen-bond acceptors (Lipinski definition) is 3. The van der Waals surface area contributed by atoms with Crippen molar-refractivity contribution in [3.8, 4) is 5.75 Å². The Hall–Kier alpha value is -2.24. The van der Waals surface area contributed by atoms with E-state index in [0.717, 1.165) is 30.2 Å². The molecule has 6 nitrogen and oxygen atoms in total. The van der Waals surface area contributed by atoms with Gasteiger partial charge in [0, 0.05) is 25.1 Å². The highest BCUT2D eigenvalue weighted by Gasteiger charge is 2.27. The smallest absolute Gasteiger partial charge is 0.227 e. The predicted molar refractivity (Wildman–Crippen MR) is 101 cm³/mol. The van der Waals surface area contributed by atoms with E-state index in [1.807, 2.05) is 45.9 Å². The minimum Gasteiger partial charge on any atom is -0.493 e. The van der Waals surface area contributed by atoms with Gasteiger partial charge in [-0.3, -0.25) is 9.79 Å². The topological polar surface area (TPSA) is 74.8 Å². The molecule has 0 spiro atoms. The molecule has 1 aliphatic rings. The highest BCUT2D eigenvalue weighted by molar-refractivity contribution is 5.84. The molecule has 1 aromatic rings. The predicted octanol–water partition coefficient (Wildman–Crippen LogP) is 2.23. The Morgan fingerprint density at radius 1 is 1.24 bits per heavy atom. The molecule has 0 saturated heterocycles. The van der Waals surface area contributed by atoms with Crippen LogP contribution in [-0.2, 0) is 4.79 Å². The highest BCUT2D eigenvalue weighted by atomic mass is 16.5. The van der Waals surface area contributed by atoms with Crippen molar-refractivity contribution in [1.82, 2.24) is 16.0 Å². The quantitative estimate of drug-likeness (QED) is 0.545. The normalized spacial score (nSPS) is 17.3. The first-order valence-corrected chi connectivity index (χ1v) is 9.02. The van der Waals surface area contributed by atoms with Crippen LogP contribution in [0.25, 0.3) is 0 Å². The van der Waals surface area contributed by atoms with Crippen LogP contribution in [0.5, 0.6) is 5.75 Å². The fourth-order valence-corrected chi connectivity index (χ4v) is 2.73. The lowest BCUT2D eigenvalue weighted by molar-refractivity contribution is -0.128. The van der Waals surface area contributed by atoms with Gasteiger partial charge in [0.05, 0.1) is 24.6 Å². The third kappa shape index (κ3) is 5.11. The number of carbonyl (C=O) groups is 1. The van der Waals surface area contributed by atoms with Crippen LogP contribution in [0, 0.1) is 5.41 Å². The number of guanidine groups is 1. The first-order chi connectivity index (χ1) is 12.0. The van der Waals surface area contributed by atoms with Gasteiger partial charge in [0.1, 0.15) is 5.75 Å². The maximum Gasteiger partial charge on any atom is 0.227 e. The lowest BCUT2D eigenvalue weighted by Crippen LogP contribution is -2.43. The standard InChI is InChI=1S/C19H30N4O2/c1-5-20-17(24)19(3,4)13-22-18(21-6-2)23-15-11-12-25-16-10-8-7-9-14(15)16/h7-10,15H,5-6,11-13H2,1-4H3,(H,20,24)(H2,21,22,23). The van der Waals surface area contributed by atoms with Crippen LogP contribution in [-0.4, -0.2) is 38.1 Å². The van der Waals surface area contributed by atoms with Gasteiger partial charge in [-0.05, 0) is 33.8 Å². The Labute approximate surface area is 150 Å². The second kappa shape index (κ2) is 8.74. The number of rotatable bonds is 6.